The normalized spacial score (nSPS) is 17.2. The molecule has 182 valence electrons. The lowest BCUT2D eigenvalue weighted by Crippen LogP contribution is -2.35. The summed E-state index contributed by atoms with van der Waals surface area (Å²) < 4.78 is 38.5. The van der Waals surface area contributed by atoms with E-state index >= 15 is 0 Å². The molecule has 1 N–H and O–H groups in total. The standard InChI is InChI=1S/C27H26F2N2O4/c1-34-19-11-12-25(35-2)21(13-19)22-15-31(27(33)20-5-3-4-6-24(20)29)16-23(22)26(32)30-14-17-7-9-18(28)10-8-17/h3-13,22-23H,14-16H2,1-2H3,(H,30,32)/t22-,23+/m1/s1. The van der Waals surface area contributed by atoms with Crippen molar-refractivity contribution < 1.29 is 27.8 Å². The summed E-state index contributed by atoms with van der Waals surface area (Å²) >= 11 is 0. The van der Waals surface area contributed by atoms with Gasteiger partial charge in [0.2, 0.25) is 5.91 Å². The second-order valence-corrected chi connectivity index (χ2v) is 8.36. The molecular weight excluding hydrogens is 454 g/mol. The minimum absolute atomic E-state index is 0.0452. The predicted octanol–water partition coefficient (Wildman–Crippen LogP) is 4.15. The SMILES string of the molecule is COc1ccc(OC)c([C@H]2CN(C(=O)c3ccccc3F)C[C@@H]2C(=O)NCc2ccc(F)cc2)c1. The molecule has 1 heterocycles. The van der Waals surface area contributed by atoms with Crippen molar-refractivity contribution in [3.05, 3.63) is 95.1 Å². The average Bonchev–Trinajstić information content (AvgIpc) is 3.33. The molecule has 0 aliphatic carbocycles. The van der Waals surface area contributed by atoms with Crippen molar-refractivity contribution in [2.24, 2.45) is 5.92 Å². The minimum Gasteiger partial charge on any atom is -0.497 e. The number of nitrogens with one attached hydrogen (secondary N) is 1. The van der Waals surface area contributed by atoms with Crippen LogP contribution in [0, 0.1) is 17.6 Å². The van der Waals surface area contributed by atoms with Crippen LogP contribution in [0.15, 0.2) is 66.7 Å². The van der Waals surface area contributed by atoms with Crippen LogP contribution in [-0.4, -0.2) is 44.0 Å². The molecule has 1 fully saturated rings. The molecule has 2 atom stereocenters. The fourth-order valence-corrected chi connectivity index (χ4v) is 4.41. The van der Waals surface area contributed by atoms with Gasteiger partial charge in [0.05, 0.1) is 25.7 Å². The molecule has 0 unspecified atom stereocenters. The summed E-state index contributed by atoms with van der Waals surface area (Å²) in [7, 11) is 3.08. The Hall–Kier alpha value is -3.94. The van der Waals surface area contributed by atoms with Crippen LogP contribution in [-0.2, 0) is 11.3 Å². The van der Waals surface area contributed by atoms with Gasteiger partial charge in [-0.15, -0.1) is 0 Å². The summed E-state index contributed by atoms with van der Waals surface area (Å²) in [6.07, 6.45) is 0. The van der Waals surface area contributed by atoms with Gasteiger partial charge in [0.25, 0.3) is 5.91 Å². The summed E-state index contributed by atoms with van der Waals surface area (Å²) in [4.78, 5) is 28.0. The Morgan fingerprint density at radius 1 is 0.971 bits per heavy atom. The van der Waals surface area contributed by atoms with E-state index in [4.69, 9.17) is 9.47 Å². The van der Waals surface area contributed by atoms with Crippen molar-refractivity contribution in [3.63, 3.8) is 0 Å². The zero-order chi connectivity index (χ0) is 24.9. The van der Waals surface area contributed by atoms with Crippen LogP contribution in [0.25, 0.3) is 0 Å². The highest BCUT2D eigenvalue weighted by molar-refractivity contribution is 5.95. The van der Waals surface area contributed by atoms with Crippen molar-refractivity contribution in [3.8, 4) is 11.5 Å². The zero-order valence-corrected chi connectivity index (χ0v) is 19.5. The Balaban J connectivity index is 1.63. The van der Waals surface area contributed by atoms with Gasteiger partial charge in [-0.1, -0.05) is 24.3 Å². The number of carbonyl (C=O) groups is 2. The van der Waals surface area contributed by atoms with Gasteiger partial charge in [0, 0.05) is 31.1 Å². The van der Waals surface area contributed by atoms with Gasteiger partial charge in [-0.2, -0.15) is 0 Å². The van der Waals surface area contributed by atoms with Gasteiger partial charge in [-0.05, 0) is 48.0 Å². The molecule has 0 radical (unpaired) electrons. The third kappa shape index (κ3) is 5.26. The van der Waals surface area contributed by atoms with Crippen molar-refractivity contribution in [2.75, 3.05) is 27.3 Å². The van der Waals surface area contributed by atoms with Crippen LogP contribution in [0.1, 0.15) is 27.4 Å². The van der Waals surface area contributed by atoms with E-state index in [-0.39, 0.29) is 36.9 Å². The van der Waals surface area contributed by atoms with E-state index in [0.717, 1.165) is 11.1 Å². The quantitative estimate of drug-likeness (QED) is 0.552. The monoisotopic (exact) mass is 480 g/mol. The Bertz CT molecular complexity index is 1220. The van der Waals surface area contributed by atoms with Gasteiger partial charge in [-0.25, -0.2) is 8.78 Å². The van der Waals surface area contributed by atoms with E-state index in [0.29, 0.717) is 11.5 Å². The fraction of sp³-hybridized carbons (Fsp3) is 0.259. The number of halogens is 2. The number of hydrogen-bond acceptors (Lipinski definition) is 4. The van der Waals surface area contributed by atoms with Crippen LogP contribution in [0.4, 0.5) is 8.78 Å². The van der Waals surface area contributed by atoms with E-state index in [1.807, 2.05) is 0 Å². The molecule has 3 aromatic carbocycles. The lowest BCUT2D eigenvalue weighted by Gasteiger charge is -2.21. The molecule has 0 spiro atoms. The molecule has 3 aromatic rings. The first-order chi connectivity index (χ1) is 16.9. The van der Waals surface area contributed by atoms with Crippen molar-refractivity contribution in [2.45, 2.75) is 12.5 Å². The number of amides is 2. The Kier molecular flexibility index (Phi) is 7.29. The summed E-state index contributed by atoms with van der Waals surface area (Å²) in [6, 6.07) is 16.9. The third-order valence-corrected chi connectivity index (χ3v) is 6.26. The van der Waals surface area contributed by atoms with E-state index in [2.05, 4.69) is 5.32 Å². The molecule has 2 amide bonds. The first kappa shape index (κ1) is 24.2. The molecular formula is C27H26F2N2O4. The highest BCUT2D eigenvalue weighted by Crippen LogP contribution is 2.40. The van der Waals surface area contributed by atoms with Crippen LogP contribution in [0.2, 0.25) is 0 Å². The maximum atomic E-state index is 14.3. The Morgan fingerprint density at radius 2 is 1.71 bits per heavy atom. The molecule has 1 aliphatic rings. The zero-order valence-electron chi connectivity index (χ0n) is 19.5. The van der Waals surface area contributed by atoms with Gasteiger partial charge >= 0.3 is 0 Å². The molecule has 0 aromatic heterocycles. The molecule has 0 saturated carbocycles. The number of carbonyl (C=O) groups excluding carboxylic acids is 2. The van der Waals surface area contributed by atoms with E-state index in [9.17, 15) is 18.4 Å². The maximum absolute atomic E-state index is 14.3. The van der Waals surface area contributed by atoms with E-state index < -0.39 is 23.6 Å². The molecule has 0 bridgehead atoms. The first-order valence-corrected chi connectivity index (χ1v) is 11.2. The molecule has 1 saturated heterocycles. The summed E-state index contributed by atoms with van der Waals surface area (Å²) in [6.45, 7) is 0.512. The number of benzene rings is 3. The van der Waals surface area contributed by atoms with Crippen LogP contribution < -0.4 is 14.8 Å². The lowest BCUT2D eigenvalue weighted by atomic mass is 9.87. The first-order valence-electron chi connectivity index (χ1n) is 11.2. The average molecular weight is 481 g/mol. The third-order valence-electron chi connectivity index (χ3n) is 6.26. The molecule has 6 nitrogen and oxygen atoms in total. The van der Waals surface area contributed by atoms with Crippen molar-refractivity contribution in [1.82, 2.24) is 10.2 Å². The van der Waals surface area contributed by atoms with Crippen molar-refractivity contribution >= 4 is 11.8 Å². The fourth-order valence-electron chi connectivity index (χ4n) is 4.41. The number of likely N-dealkylation sites (tertiary alicyclic amines) is 1. The Morgan fingerprint density at radius 3 is 2.40 bits per heavy atom. The van der Waals surface area contributed by atoms with Gasteiger partial charge in [0.1, 0.15) is 23.1 Å². The summed E-state index contributed by atoms with van der Waals surface area (Å²) in [5.74, 6) is -1.61. The Labute approximate surface area is 202 Å². The highest BCUT2D eigenvalue weighted by Gasteiger charge is 2.42. The topological polar surface area (TPSA) is 67.9 Å². The number of ether oxygens (including phenoxy) is 2. The van der Waals surface area contributed by atoms with Gasteiger partial charge < -0.3 is 19.7 Å². The van der Waals surface area contributed by atoms with Crippen LogP contribution >= 0.6 is 0 Å². The van der Waals surface area contributed by atoms with E-state index in [1.54, 1.807) is 43.5 Å². The minimum atomic E-state index is -0.618. The smallest absolute Gasteiger partial charge is 0.256 e. The number of methoxy groups -OCH3 is 2. The second kappa shape index (κ2) is 10.5. The number of hydrogen-bond donors (Lipinski definition) is 1. The lowest BCUT2D eigenvalue weighted by molar-refractivity contribution is -0.125. The molecule has 35 heavy (non-hydrogen) atoms. The van der Waals surface area contributed by atoms with Gasteiger partial charge in [0.15, 0.2) is 0 Å². The van der Waals surface area contributed by atoms with Crippen LogP contribution in [0.5, 0.6) is 11.5 Å². The summed E-state index contributed by atoms with van der Waals surface area (Å²) in [5.41, 5.74) is 1.42. The largest absolute Gasteiger partial charge is 0.497 e. The van der Waals surface area contributed by atoms with Gasteiger partial charge in [-0.3, -0.25) is 9.59 Å². The van der Waals surface area contributed by atoms with Crippen LogP contribution in [0.3, 0.4) is 0 Å². The molecule has 4 rings (SSSR count). The number of nitrogens with zero attached hydrogens (tertiary/aromatic N) is 1. The molecule has 1 aliphatic heterocycles. The van der Waals surface area contributed by atoms with E-state index in [1.165, 1.54) is 42.3 Å². The maximum Gasteiger partial charge on any atom is 0.256 e. The predicted molar refractivity (Wildman–Crippen MR) is 126 cm³/mol. The molecule has 8 heteroatoms. The number of rotatable bonds is 7. The summed E-state index contributed by atoms with van der Waals surface area (Å²) in [5, 5.41) is 2.89. The van der Waals surface area contributed by atoms with Crippen molar-refractivity contribution in [1.29, 1.82) is 0 Å². The second-order valence-electron chi connectivity index (χ2n) is 8.36. The highest BCUT2D eigenvalue weighted by atomic mass is 19.1.